The quantitative estimate of drug-likeness (QED) is 0.608. The number of aliphatic hydroxyl groups excluding tert-OH is 2. The molecule has 2 rings (SSSR count). The molecule has 1 aliphatic rings. The number of hydrogen-bond donors (Lipinski definition) is 2. The maximum Gasteiger partial charge on any atom is 0.269 e. The SMILES string of the molecule is O=[N+]([O-])c1ccc(C2(CCO)C=CC(CCO)=N2)cc1. The predicted molar refractivity (Wildman–Crippen MR) is 74.8 cm³/mol. The predicted octanol–water partition coefficient (Wildman–Crippen LogP) is 1.57. The summed E-state index contributed by atoms with van der Waals surface area (Å²) in [4.78, 5) is 14.8. The molecule has 0 aliphatic carbocycles. The Morgan fingerprint density at radius 2 is 1.90 bits per heavy atom. The van der Waals surface area contributed by atoms with Gasteiger partial charge in [0.2, 0.25) is 0 Å². The molecule has 0 saturated carbocycles. The molecule has 1 heterocycles. The molecule has 0 spiro atoms. The molecule has 0 bridgehead atoms. The van der Waals surface area contributed by atoms with Gasteiger partial charge < -0.3 is 10.2 Å². The molecule has 1 atom stereocenters. The first-order valence-corrected chi connectivity index (χ1v) is 6.36. The van der Waals surface area contributed by atoms with Crippen LogP contribution in [0.2, 0.25) is 0 Å². The van der Waals surface area contributed by atoms with Gasteiger partial charge in [-0.3, -0.25) is 15.1 Å². The third-order valence-corrected chi connectivity index (χ3v) is 3.33. The number of allylic oxidation sites excluding steroid dienone is 1. The van der Waals surface area contributed by atoms with Gasteiger partial charge in [0.15, 0.2) is 0 Å². The van der Waals surface area contributed by atoms with Crippen molar-refractivity contribution >= 4 is 11.4 Å². The standard InChI is InChI=1S/C14H16N2O4/c17-9-6-12-5-7-14(15-12,8-10-18)11-1-3-13(4-2-11)16(19)20/h1-5,7,17-18H,6,8-10H2. The van der Waals surface area contributed by atoms with Gasteiger partial charge in [0.1, 0.15) is 5.54 Å². The van der Waals surface area contributed by atoms with Crippen LogP contribution in [0.3, 0.4) is 0 Å². The molecule has 1 aliphatic heterocycles. The molecule has 0 saturated heterocycles. The molecule has 1 aromatic carbocycles. The topological polar surface area (TPSA) is 96.0 Å². The number of aliphatic hydroxyl groups is 2. The van der Waals surface area contributed by atoms with Crippen molar-refractivity contribution in [1.82, 2.24) is 0 Å². The summed E-state index contributed by atoms with van der Waals surface area (Å²) in [6.07, 6.45) is 4.55. The Labute approximate surface area is 116 Å². The summed E-state index contributed by atoms with van der Waals surface area (Å²) in [5, 5.41) is 28.9. The molecule has 20 heavy (non-hydrogen) atoms. The molecule has 1 unspecified atom stereocenters. The van der Waals surface area contributed by atoms with E-state index in [-0.39, 0.29) is 18.9 Å². The first-order valence-electron chi connectivity index (χ1n) is 6.36. The van der Waals surface area contributed by atoms with Crippen molar-refractivity contribution in [2.45, 2.75) is 18.4 Å². The molecular formula is C14H16N2O4. The number of nitro benzene ring substituents is 1. The lowest BCUT2D eigenvalue weighted by Crippen LogP contribution is -2.21. The second kappa shape index (κ2) is 5.94. The Kier molecular flexibility index (Phi) is 4.26. The van der Waals surface area contributed by atoms with E-state index in [2.05, 4.69) is 4.99 Å². The zero-order valence-corrected chi connectivity index (χ0v) is 10.9. The van der Waals surface area contributed by atoms with Crippen LogP contribution in [-0.2, 0) is 5.54 Å². The van der Waals surface area contributed by atoms with Crippen molar-refractivity contribution in [2.24, 2.45) is 4.99 Å². The third kappa shape index (κ3) is 2.76. The van der Waals surface area contributed by atoms with Gasteiger partial charge in [-0.1, -0.05) is 6.08 Å². The number of nitrogens with zero attached hydrogens (tertiary/aromatic N) is 2. The van der Waals surface area contributed by atoms with Crippen LogP contribution >= 0.6 is 0 Å². The number of nitro groups is 1. The van der Waals surface area contributed by atoms with E-state index in [0.717, 1.165) is 11.3 Å². The van der Waals surface area contributed by atoms with Crippen LogP contribution in [0.1, 0.15) is 18.4 Å². The van der Waals surface area contributed by atoms with E-state index < -0.39 is 10.5 Å². The van der Waals surface area contributed by atoms with Gasteiger partial charge in [-0.2, -0.15) is 0 Å². The molecule has 6 nitrogen and oxygen atoms in total. The first kappa shape index (κ1) is 14.4. The fourth-order valence-electron chi connectivity index (χ4n) is 2.31. The number of rotatable bonds is 6. The van der Waals surface area contributed by atoms with Gasteiger partial charge in [-0.25, -0.2) is 0 Å². The van der Waals surface area contributed by atoms with Crippen LogP contribution in [0.25, 0.3) is 0 Å². The van der Waals surface area contributed by atoms with E-state index in [1.807, 2.05) is 12.2 Å². The van der Waals surface area contributed by atoms with Crippen LogP contribution < -0.4 is 0 Å². The molecule has 0 radical (unpaired) electrons. The van der Waals surface area contributed by atoms with Crippen LogP contribution in [0.4, 0.5) is 5.69 Å². The number of hydrogen-bond acceptors (Lipinski definition) is 5. The lowest BCUT2D eigenvalue weighted by atomic mass is 9.88. The molecule has 6 heteroatoms. The highest BCUT2D eigenvalue weighted by atomic mass is 16.6. The molecule has 0 fully saturated rings. The molecule has 0 aromatic heterocycles. The zero-order chi connectivity index (χ0) is 14.6. The fourth-order valence-corrected chi connectivity index (χ4v) is 2.31. The van der Waals surface area contributed by atoms with Crippen LogP contribution in [0.5, 0.6) is 0 Å². The minimum absolute atomic E-state index is 0.0125. The highest BCUT2D eigenvalue weighted by molar-refractivity contribution is 5.97. The minimum atomic E-state index is -0.686. The van der Waals surface area contributed by atoms with Gasteiger partial charge in [0, 0.05) is 43.9 Å². The van der Waals surface area contributed by atoms with Gasteiger partial charge >= 0.3 is 0 Å². The zero-order valence-electron chi connectivity index (χ0n) is 10.9. The third-order valence-electron chi connectivity index (χ3n) is 3.33. The summed E-state index contributed by atoms with van der Waals surface area (Å²) in [6.45, 7) is -0.0319. The summed E-state index contributed by atoms with van der Waals surface area (Å²) in [5.41, 5.74) is 0.893. The maximum atomic E-state index is 10.7. The van der Waals surface area contributed by atoms with Gasteiger partial charge in [-0.15, -0.1) is 0 Å². The summed E-state index contributed by atoms with van der Waals surface area (Å²) < 4.78 is 0. The normalized spacial score (nSPS) is 21.0. The molecule has 1 aromatic rings. The second-order valence-electron chi connectivity index (χ2n) is 4.61. The molecule has 2 N–H and O–H groups in total. The Hall–Kier alpha value is -2.05. The van der Waals surface area contributed by atoms with Crippen molar-refractivity contribution in [3.05, 3.63) is 52.1 Å². The van der Waals surface area contributed by atoms with Crippen LogP contribution in [-0.4, -0.2) is 34.1 Å². The largest absolute Gasteiger partial charge is 0.396 e. The van der Waals surface area contributed by atoms with Crippen molar-refractivity contribution in [1.29, 1.82) is 0 Å². The second-order valence-corrected chi connectivity index (χ2v) is 4.61. The minimum Gasteiger partial charge on any atom is -0.396 e. The van der Waals surface area contributed by atoms with E-state index in [9.17, 15) is 15.2 Å². The number of non-ortho nitro benzene ring substituents is 1. The highest BCUT2D eigenvalue weighted by Crippen LogP contribution is 2.36. The summed E-state index contributed by atoms with van der Waals surface area (Å²) in [7, 11) is 0. The van der Waals surface area contributed by atoms with Crippen molar-refractivity contribution in [3.8, 4) is 0 Å². The first-order chi connectivity index (χ1) is 9.61. The Balaban J connectivity index is 2.34. The van der Waals surface area contributed by atoms with E-state index >= 15 is 0 Å². The highest BCUT2D eigenvalue weighted by Gasteiger charge is 2.32. The van der Waals surface area contributed by atoms with E-state index in [4.69, 9.17) is 5.11 Å². The van der Waals surface area contributed by atoms with Crippen molar-refractivity contribution in [2.75, 3.05) is 13.2 Å². The maximum absolute atomic E-state index is 10.7. The van der Waals surface area contributed by atoms with Crippen LogP contribution in [0, 0.1) is 10.1 Å². The lowest BCUT2D eigenvalue weighted by Gasteiger charge is -2.24. The summed E-state index contributed by atoms with van der Waals surface area (Å²) >= 11 is 0. The Morgan fingerprint density at radius 3 is 2.45 bits per heavy atom. The fraction of sp³-hybridized carbons (Fsp3) is 0.357. The van der Waals surface area contributed by atoms with E-state index in [1.54, 1.807) is 12.1 Å². The Morgan fingerprint density at radius 1 is 1.20 bits per heavy atom. The van der Waals surface area contributed by atoms with Gasteiger partial charge in [-0.05, 0) is 23.8 Å². The summed E-state index contributed by atoms with van der Waals surface area (Å²) in [6, 6.07) is 6.18. The Bertz CT molecular complexity index is 551. The summed E-state index contributed by atoms with van der Waals surface area (Å²) in [5.74, 6) is 0. The van der Waals surface area contributed by atoms with Gasteiger partial charge in [0.05, 0.1) is 4.92 Å². The van der Waals surface area contributed by atoms with E-state index in [0.29, 0.717) is 12.8 Å². The lowest BCUT2D eigenvalue weighted by molar-refractivity contribution is -0.384. The average molecular weight is 276 g/mol. The molecule has 0 amide bonds. The van der Waals surface area contributed by atoms with Gasteiger partial charge in [0.25, 0.3) is 5.69 Å². The molecular weight excluding hydrogens is 260 g/mol. The van der Waals surface area contributed by atoms with Crippen LogP contribution in [0.15, 0.2) is 41.4 Å². The number of aliphatic imine (C=N–C) groups is 1. The number of benzene rings is 1. The van der Waals surface area contributed by atoms with E-state index in [1.165, 1.54) is 12.1 Å². The smallest absolute Gasteiger partial charge is 0.269 e. The van der Waals surface area contributed by atoms with Crippen molar-refractivity contribution < 1.29 is 15.1 Å². The average Bonchev–Trinajstić information content (AvgIpc) is 2.84. The molecule has 106 valence electrons. The van der Waals surface area contributed by atoms with Crippen molar-refractivity contribution in [3.63, 3.8) is 0 Å². The monoisotopic (exact) mass is 276 g/mol.